The van der Waals surface area contributed by atoms with Gasteiger partial charge < -0.3 is 15.0 Å². The van der Waals surface area contributed by atoms with E-state index in [4.69, 9.17) is 4.74 Å². The molecule has 1 aliphatic rings. The summed E-state index contributed by atoms with van der Waals surface area (Å²) in [6.07, 6.45) is 2.17. The third kappa shape index (κ3) is 2.89. The summed E-state index contributed by atoms with van der Waals surface area (Å²) in [5, 5.41) is 3.36. The van der Waals surface area contributed by atoms with Gasteiger partial charge in [-0.2, -0.15) is 0 Å². The summed E-state index contributed by atoms with van der Waals surface area (Å²) in [6.45, 7) is 3.48. The highest BCUT2D eigenvalue weighted by Gasteiger charge is 2.22. The molecule has 1 aromatic rings. The normalized spacial score (nSPS) is 15.3. The van der Waals surface area contributed by atoms with Gasteiger partial charge in [0.1, 0.15) is 0 Å². The number of nitrogens with one attached hydrogen (secondary N) is 1. The molecule has 19 heavy (non-hydrogen) atoms. The molecule has 0 bridgehead atoms. The predicted octanol–water partition coefficient (Wildman–Crippen LogP) is 2.15. The lowest BCUT2D eigenvalue weighted by molar-refractivity contribution is 0.0634. The second-order valence-electron chi connectivity index (χ2n) is 5.09. The molecule has 0 radical (unpaired) electrons. The molecule has 1 heterocycles. The van der Waals surface area contributed by atoms with Crippen molar-refractivity contribution in [3.05, 3.63) is 29.3 Å². The zero-order chi connectivity index (χ0) is 13.8. The fourth-order valence-electron chi connectivity index (χ4n) is 2.43. The second-order valence-corrected chi connectivity index (χ2v) is 5.09. The molecule has 0 aliphatic carbocycles. The second kappa shape index (κ2) is 6.06. The van der Waals surface area contributed by atoms with E-state index in [0.717, 1.165) is 30.6 Å². The average Bonchev–Trinajstić information content (AvgIpc) is 2.45. The highest BCUT2D eigenvalue weighted by atomic mass is 16.5. The number of amides is 1. The smallest absolute Gasteiger partial charge is 0.256 e. The van der Waals surface area contributed by atoms with E-state index in [-0.39, 0.29) is 11.9 Å². The number of ether oxygens (including phenoxy) is 1. The van der Waals surface area contributed by atoms with Crippen LogP contribution in [-0.2, 0) is 11.2 Å². The Morgan fingerprint density at radius 1 is 1.53 bits per heavy atom. The number of fused-ring (bicyclic) bond motifs is 1. The zero-order valence-electron chi connectivity index (χ0n) is 11.9. The molecule has 0 aromatic heterocycles. The SMILES string of the molecule is COCC(C)N(C)C(=O)c1cccc2c1NCCC2. The van der Waals surface area contributed by atoms with Crippen molar-refractivity contribution in [2.75, 3.05) is 32.6 Å². The van der Waals surface area contributed by atoms with Gasteiger partial charge in [-0.25, -0.2) is 0 Å². The minimum atomic E-state index is 0.0517. The number of likely N-dealkylation sites (N-methyl/N-ethyl adjacent to an activating group) is 1. The van der Waals surface area contributed by atoms with E-state index >= 15 is 0 Å². The maximum absolute atomic E-state index is 12.6. The van der Waals surface area contributed by atoms with E-state index in [2.05, 4.69) is 11.4 Å². The number of hydrogen-bond acceptors (Lipinski definition) is 3. The van der Waals surface area contributed by atoms with Crippen LogP contribution in [0.3, 0.4) is 0 Å². The topological polar surface area (TPSA) is 41.6 Å². The van der Waals surface area contributed by atoms with Gasteiger partial charge in [-0.15, -0.1) is 0 Å². The number of para-hydroxylation sites is 1. The van der Waals surface area contributed by atoms with Crippen molar-refractivity contribution >= 4 is 11.6 Å². The van der Waals surface area contributed by atoms with Crippen molar-refractivity contribution in [2.45, 2.75) is 25.8 Å². The number of nitrogens with zero attached hydrogens (tertiary/aromatic N) is 1. The first-order valence-corrected chi connectivity index (χ1v) is 6.77. The van der Waals surface area contributed by atoms with Crippen LogP contribution in [-0.4, -0.2) is 44.2 Å². The highest BCUT2D eigenvalue weighted by molar-refractivity contribution is 6.00. The number of hydrogen-bond donors (Lipinski definition) is 1. The Hall–Kier alpha value is -1.55. The molecule has 4 heteroatoms. The van der Waals surface area contributed by atoms with Gasteiger partial charge >= 0.3 is 0 Å². The van der Waals surface area contributed by atoms with Crippen LogP contribution >= 0.6 is 0 Å². The Labute approximate surface area is 114 Å². The minimum absolute atomic E-state index is 0.0517. The Kier molecular flexibility index (Phi) is 4.43. The van der Waals surface area contributed by atoms with Crippen LogP contribution in [0.1, 0.15) is 29.3 Å². The van der Waals surface area contributed by atoms with E-state index in [1.807, 2.05) is 26.1 Å². The molecule has 0 saturated carbocycles. The van der Waals surface area contributed by atoms with Gasteiger partial charge in [-0.1, -0.05) is 12.1 Å². The van der Waals surface area contributed by atoms with E-state index in [9.17, 15) is 4.79 Å². The number of rotatable bonds is 4. The van der Waals surface area contributed by atoms with Gasteiger partial charge in [-0.3, -0.25) is 4.79 Å². The molecular formula is C15H22N2O2. The van der Waals surface area contributed by atoms with Crippen LogP contribution in [0.15, 0.2) is 18.2 Å². The van der Waals surface area contributed by atoms with Gasteiger partial charge in [-0.05, 0) is 31.4 Å². The number of methoxy groups -OCH3 is 1. The molecule has 0 saturated heterocycles. The molecule has 4 nitrogen and oxygen atoms in total. The third-order valence-corrected chi connectivity index (χ3v) is 3.70. The van der Waals surface area contributed by atoms with Crippen LogP contribution in [0.25, 0.3) is 0 Å². The molecule has 1 N–H and O–H groups in total. The summed E-state index contributed by atoms with van der Waals surface area (Å²) in [5.41, 5.74) is 3.02. The molecule has 1 amide bonds. The monoisotopic (exact) mass is 262 g/mol. The van der Waals surface area contributed by atoms with Crippen molar-refractivity contribution in [1.82, 2.24) is 4.90 Å². The molecule has 1 unspecified atom stereocenters. The van der Waals surface area contributed by atoms with Crippen LogP contribution in [0.4, 0.5) is 5.69 Å². The Balaban J connectivity index is 2.24. The Morgan fingerprint density at radius 2 is 2.32 bits per heavy atom. The molecule has 1 aliphatic heterocycles. The average molecular weight is 262 g/mol. The highest BCUT2D eigenvalue weighted by Crippen LogP contribution is 2.27. The molecule has 2 rings (SSSR count). The fourth-order valence-corrected chi connectivity index (χ4v) is 2.43. The molecule has 1 aromatic carbocycles. The largest absolute Gasteiger partial charge is 0.384 e. The van der Waals surface area contributed by atoms with E-state index < -0.39 is 0 Å². The maximum atomic E-state index is 12.6. The first-order valence-electron chi connectivity index (χ1n) is 6.77. The number of aryl methyl sites for hydroxylation is 1. The molecule has 0 spiro atoms. The third-order valence-electron chi connectivity index (χ3n) is 3.70. The van der Waals surface area contributed by atoms with Crippen LogP contribution in [0, 0.1) is 0 Å². The number of anilines is 1. The van der Waals surface area contributed by atoms with E-state index in [1.54, 1.807) is 12.0 Å². The molecule has 104 valence electrons. The molecule has 0 fully saturated rings. The van der Waals surface area contributed by atoms with Gasteiger partial charge in [0, 0.05) is 20.7 Å². The van der Waals surface area contributed by atoms with Crippen LogP contribution < -0.4 is 5.32 Å². The number of carbonyl (C=O) groups excluding carboxylic acids is 1. The number of carbonyl (C=O) groups is 1. The summed E-state index contributed by atoms with van der Waals surface area (Å²) >= 11 is 0. The lowest BCUT2D eigenvalue weighted by Gasteiger charge is -2.27. The van der Waals surface area contributed by atoms with Gasteiger partial charge in [0.25, 0.3) is 5.91 Å². The van der Waals surface area contributed by atoms with E-state index in [0.29, 0.717) is 6.61 Å². The van der Waals surface area contributed by atoms with E-state index in [1.165, 1.54) is 5.56 Å². The lowest BCUT2D eigenvalue weighted by Crippen LogP contribution is -2.38. The molecular weight excluding hydrogens is 240 g/mol. The van der Waals surface area contributed by atoms with Gasteiger partial charge in [0.15, 0.2) is 0 Å². The first kappa shape index (κ1) is 13.9. The van der Waals surface area contributed by atoms with Crippen molar-refractivity contribution in [1.29, 1.82) is 0 Å². The summed E-state index contributed by atoms with van der Waals surface area (Å²) in [6, 6.07) is 6.03. The Morgan fingerprint density at radius 3 is 3.05 bits per heavy atom. The van der Waals surface area contributed by atoms with Crippen molar-refractivity contribution in [3.63, 3.8) is 0 Å². The van der Waals surface area contributed by atoms with Gasteiger partial charge in [0.2, 0.25) is 0 Å². The predicted molar refractivity (Wildman–Crippen MR) is 76.7 cm³/mol. The summed E-state index contributed by atoms with van der Waals surface area (Å²) in [5.74, 6) is 0.0517. The van der Waals surface area contributed by atoms with Crippen molar-refractivity contribution in [2.24, 2.45) is 0 Å². The lowest BCUT2D eigenvalue weighted by atomic mass is 9.98. The zero-order valence-corrected chi connectivity index (χ0v) is 11.9. The fraction of sp³-hybridized carbons (Fsp3) is 0.533. The standard InChI is InChI=1S/C15H22N2O2/c1-11(10-19-3)17(2)15(18)13-8-4-6-12-7-5-9-16-14(12)13/h4,6,8,11,16H,5,7,9-10H2,1-3H3. The summed E-state index contributed by atoms with van der Waals surface area (Å²) in [4.78, 5) is 14.3. The summed E-state index contributed by atoms with van der Waals surface area (Å²) in [7, 11) is 3.48. The van der Waals surface area contributed by atoms with Crippen molar-refractivity contribution in [3.8, 4) is 0 Å². The van der Waals surface area contributed by atoms with Crippen LogP contribution in [0.2, 0.25) is 0 Å². The Bertz CT molecular complexity index is 459. The molecule has 1 atom stereocenters. The first-order chi connectivity index (χ1) is 9.15. The maximum Gasteiger partial charge on any atom is 0.256 e. The van der Waals surface area contributed by atoms with Crippen molar-refractivity contribution < 1.29 is 9.53 Å². The van der Waals surface area contributed by atoms with Crippen LogP contribution in [0.5, 0.6) is 0 Å². The summed E-state index contributed by atoms with van der Waals surface area (Å²) < 4.78 is 5.11. The minimum Gasteiger partial charge on any atom is -0.384 e. The number of benzene rings is 1. The quantitative estimate of drug-likeness (QED) is 0.904. The van der Waals surface area contributed by atoms with Gasteiger partial charge in [0.05, 0.1) is 23.9 Å².